The normalized spacial score (nSPS) is 12.2. The van der Waals surface area contributed by atoms with E-state index in [2.05, 4.69) is 44.1 Å². The Hall–Kier alpha value is -0.0600. The Bertz CT molecular complexity index is 384. The monoisotopic (exact) mass is 367 g/mol. The third-order valence-corrected chi connectivity index (χ3v) is 4.08. The van der Waals surface area contributed by atoms with E-state index in [9.17, 15) is 4.79 Å². The molecule has 1 aromatic carbocycles. The van der Waals surface area contributed by atoms with Gasteiger partial charge in [-0.3, -0.25) is 4.79 Å². The van der Waals surface area contributed by atoms with Gasteiger partial charge < -0.3 is 5.32 Å². The van der Waals surface area contributed by atoms with Crippen molar-refractivity contribution in [3.05, 3.63) is 33.3 Å². The molecule has 0 aliphatic rings. The molecule has 1 atom stereocenters. The van der Waals surface area contributed by atoms with E-state index in [-0.39, 0.29) is 5.91 Å². The van der Waals surface area contributed by atoms with Gasteiger partial charge in [-0.2, -0.15) is 0 Å². The van der Waals surface area contributed by atoms with Crippen LogP contribution >= 0.6 is 43.5 Å². The second-order valence-corrected chi connectivity index (χ2v) is 5.53. The summed E-state index contributed by atoms with van der Waals surface area (Å²) in [6, 6.07) is 5.16. The maximum Gasteiger partial charge on any atom is 0.252 e. The zero-order valence-corrected chi connectivity index (χ0v) is 12.7. The molecular formula is C11H12Br2ClNO. The van der Waals surface area contributed by atoms with Gasteiger partial charge in [0.05, 0.1) is 5.56 Å². The fraction of sp³-hybridized carbons (Fsp3) is 0.364. The van der Waals surface area contributed by atoms with Gasteiger partial charge in [-0.15, -0.1) is 0 Å². The minimum atomic E-state index is -0.109. The Labute approximate surface area is 117 Å². The van der Waals surface area contributed by atoms with Crippen LogP contribution in [0.4, 0.5) is 0 Å². The lowest BCUT2D eigenvalue weighted by Gasteiger charge is -2.10. The van der Waals surface area contributed by atoms with E-state index < -0.39 is 0 Å². The number of carbonyl (C=O) groups excluding carboxylic acids is 1. The minimum absolute atomic E-state index is 0.109. The second kappa shape index (κ2) is 6.62. The lowest BCUT2D eigenvalue weighted by molar-refractivity contribution is 0.0948. The van der Waals surface area contributed by atoms with Gasteiger partial charge in [0, 0.05) is 21.4 Å². The van der Waals surface area contributed by atoms with Crippen LogP contribution in [-0.4, -0.2) is 17.8 Å². The smallest absolute Gasteiger partial charge is 0.252 e. The van der Waals surface area contributed by atoms with Crippen molar-refractivity contribution in [1.29, 1.82) is 0 Å². The van der Waals surface area contributed by atoms with Gasteiger partial charge in [-0.1, -0.05) is 34.5 Å². The van der Waals surface area contributed by atoms with E-state index in [4.69, 9.17) is 11.6 Å². The standard InChI is InChI=1S/C11H12Br2ClNO/c1-7(5-12)6-15-11(16)9-4-8(14)2-3-10(9)13/h2-4,7H,5-6H2,1H3,(H,15,16). The minimum Gasteiger partial charge on any atom is -0.352 e. The topological polar surface area (TPSA) is 29.1 Å². The van der Waals surface area contributed by atoms with Gasteiger partial charge >= 0.3 is 0 Å². The zero-order chi connectivity index (χ0) is 12.1. The van der Waals surface area contributed by atoms with Crippen LogP contribution in [0.5, 0.6) is 0 Å². The first kappa shape index (κ1) is 14.0. The van der Waals surface area contributed by atoms with Crippen molar-refractivity contribution in [1.82, 2.24) is 5.32 Å². The molecule has 0 aromatic heterocycles. The second-order valence-electron chi connectivity index (χ2n) is 3.59. The number of alkyl halides is 1. The summed E-state index contributed by atoms with van der Waals surface area (Å²) in [5.74, 6) is 0.295. The summed E-state index contributed by atoms with van der Waals surface area (Å²) in [6.07, 6.45) is 0. The zero-order valence-electron chi connectivity index (χ0n) is 8.77. The number of nitrogens with one attached hydrogen (secondary N) is 1. The van der Waals surface area contributed by atoms with Crippen LogP contribution in [0.15, 0.2) is 22.7 Å². The number of benzene rings is 1. The van der Waals surface area contributed by atoms with Crippen LogP contribution < -0.4 is 5.32 Å². The predicted octanol–water partition coefficient (Wildman–Crippen LogP) is 3.86. The molecule has 16 heavy (non-hydrogen) atoms. The first-order valence-electron chi connectivity index (χ1n) is 4.83. The summed E-state index contributed by atoms with van der Waals surface area (Å²) in [4.78, 5) is 11.8. The van der Waals surface area contributed by atoms with E-state index in [0.717, 1.165) is 9.80 Å². The van der Waals surface area contributed by atoms with Gasteiger partial charge in [0.15, 0.2) is 0 Å². The number of amides is 1. The Morgan fingerprint density at radius 2 is 2.25 bits per heavy atom. The Morgan fingerprint density at radius 3 is 2.88 bits per heavy atom. The quantitative estimate of drug-likeness (QED) is 0.802. The summed E-state index contributed by atoms with van der Waals surface area (Å²) in [7, 11) is 0. The van der Waals surface area contributed by atoms with Crippen molar-refractivity contribution in [2.45, 2.75) is 6.92 Å². The molecule has 0 saturated heterocycles. The van der Waals surface area contributed by atoms with Crippen LogP contribution in [0.3, 0.4) is 0 Å². The van der Waals surface area contributed by atoms with Crippen molar-refractivity contribution in [3.8, 4) is 0 Å². The first-order chi connectivity index (χ1) is 7.54. The van der Waals surface area contributed by atoms with E-state index >= 15 is 0 Å². The molecular weight excluding hydrogens is 357 g/mol. The summed E-state index contributed by atoms with van der Waals surface area (Å²) in [5.41, 5.74) is 0.564. The molecule has 0 aliphatic heterocycles. The molecule has 0 spiro atoms. The molecule has 5 heteroatoms. The van der Waals surface area contributed by atoms with Gasteiger partial charge in [-0.05, 0) is 40.0 Å². The van der Waals surface area contributed by atoms with Crippen molar-refractivity contribution in [3.63, 3.8) is 0 Å². The fourth-order valence-corrected chi connectivity index (χ4v) is 1.92. The summed E-state index contributed by atoms with van der Waals surface area (Å²) in [5, 5.41) is 4.28. The average molecular weight is 369 g/mol. The van der Waals surface area contributed by atoms with Gasteiger partial charge in [0.1, 0.15) is 0 Å². The molecule has 1 aromatic rings. The molecule has 2 nitrogen and oxygen atoms in total. The highest BCUT2D eigenvalue weighted by Crippen LogP contribution is 2.21. The molecule has 1 rings (SSSR count). The van der Waals surface area contributed by atoms with Crippen LogP contribution in [0.2, 0.25) is 5.02 Å². The molecule has 0 fully saturated rings. The first-order valence-corrected chi connectivity index (χ1v) is 7.13. The van der Waals surface area contributed by atoms with Crippen LogP contribution in [0.1, 0.15) is 17.3 Å². The van der Waals surface area contributed by atoms with E-state index in [1.807, 2.05) is 0 Å². The van der Waals surface area contributed by atoms with E-state index in [0.29, 0.717) is 23.0 Å². The average Bonchev–Trinajstić information content (AvgIpc) is 2.28. The van der Waals surface area contributed by atoms with Crippen molar-refractivity contribution in [2.24, 2.45) is 5.92 Å². The fourth-order valence-electron chi connectivity index (χ4n) is 1.09. The van der Waals surface area contributed by atoms with Crippen molar-refractivity contribution >= 4 is 49.4 Å². The number of halogens is 3. The Balaban J connectivity index is 2.69. The third kappa shape index (κ3) is 4.07. The molecule has 0 aliphatic carbocycles. The predicted molar refractivity (Wildman–Crippen MR) is 74.4 cm³/mol. The maximum absolute atomic E-state index is 11.8. The van der Waals surface area contributed by atoms with Crippen LogP contribution in [0.25, 0.3) is 0 Å². The third-order valence-electron chi connectivity index (χ3n) is 2.05. The largest absolute Gasteiger partial charge is 0.352 e. The number of hydrogen-bond donors (Lipinski definition) is 1. The lowest BCUT2D eigenvalue weighted by Crippen LogP contribution is -2.29. The Kier molecular flexibility index (Phi) is 5.79. The molecule has 88 valence electrons. The molecule has 0 saturated carbocycles. The summed E-state index contributed by atoms with van der Waals surface area (Å²) >= 11 is 12.5. The SMILES string of the molecule is CC(CBr)CNC(=O)c1cc(Cl)ccc1Br. The molecule has 1 unspecified atom stereocenters. The molecule has 1 amide bonds. The summed E-state index contributed by atoms with van der Waals surface area (Å²) < 4.78 is 0.751. The molecule has 0 heterocycles. The number of hydrogen-bond acceptors (Lipinski definition) is 1. The van der Waals surface area contributed by atoms with Crippen LogP contribution in [-0.2, 0) is 0 Å². The van der Waals surface area contributed by atoms with E-state index in [1.54, 1.807) is 18.2 Å². The highest BCUT2D eigenvalue weighted by molar-refractivity contribution is 9.10. The van der Waals surface area contributed by atoms with Crippen LogP contribution in [0, 0.1) is 5.92 Å². The maximum atomic E-state index is 11.8. The molecule has 1 N–H and O–H groups in total. The highest BCUT2D eigenvalue weighted by Gasteiger charge is 2.11. The van der Waals surface area contributed by atoms with Gasteiger partial charge in [0.25, 0.3) is 5.91 Å². The van der Waals surface area contributed by atoms with Gasteiger partial charge in [0.2, 0.25) is 0 Å². The van der Waals surface area contributed by atoms with Gasteiger partial charge in [-0.25, -0.2) is 0 Å². The number of carbonyl (C=O) groups is 1. The number of rotatable bonds is 4. The van der Waals surface area contributed by atoms with Crippen molar-refractivity contribution < 1.29 is 4.79 Å². The molecule has 0 bridgehead atoms. The summed E-state index contributed by atoms with van der Waals surface area (Å²) in [6.45, 7) is 2.70. The lowest BCUT2D eigenvalue weighted by atomic mass is 10.2. The Morgan fingerprint density at radius 1 is 1.56 bits per heavy atom. The molecule has 0 radical (unpaired) electrons. The van der Waals surface area contributed by atoms with Crippen molar-refractivity contribution in [2.75, 3.05) is 11.9 Å². The van der Waals surface area contributed by atoms with E-state index in [1.165, 1.54) is 0 Å². The highest BCUT2D eigenvalue weighted by atomic mass is 79.9.